The number of guanidine groups is 1. The van der Waals surface area contributed by atoms with Crippen molar-refractivity contribution in [2.24, 2.45) is 17.5 Å². The molecule has 1 aromatic rings. The first-order valence-electron chi connectivity index (χ1n) is 7.88. The van der Waals surface area contributed by atoms with E-state index in [1.165, 1.54) is 25.7 Å². The van der Waals surface area contributed by atoms with Gasteiger partial charge in [0.15, 0.2) is 5.96 Å². The van der Waals surface area contributed by atoms with Crippen LogP contribution in [0.2, 0.25) is 0 Å². The average Bonchev–Trinajstić information content (AvgIpc) is 2.84. The zero-order valence-electron chi connectivity index (χ0n) is 13.7. The van der Waals surface area contributed by atoms with Gasteiger partial charge in [-0.25, -0.2) is 9.98 Å². The standard InChI is InChI=1S/C15H28N6/c1-5-16-14(17-10-13-18-11-19-21(13)4)20-12-6-8-15(2,3)9-7-12/h11-12H,5-10H2,1-4H3,(H2,16,17,20). The molecule has 1 saturated carbocycles. The van der Waals surface area contributed by atoms with Gasteiger partial charge in [-0.05, 0) is 38.0 Å². The van der Waals surface area contributed by atoms with E-state index in [2.05, 4.69) is 46.5 Å². The fourth-order valence-electron chi connectivity index (χ4n) is 2.67. The van der Waals surface area contributed by atoms with Gasteiger partial charge in [0.2, 0.25) is 0 Å². The highest BCUT2D eigenvalue weighted by Crippen LogP contribution is 2.34. The molecule has 1 aliphatic carbocycles. The second kappa shape index (κ2) is 6.91. The number of rotatable bonds is 4. The molecule has 1 heterocycles. The number of hydrogen-bond donors (Lipinski definition) is 2. The Morgan fingerprint density at radius 3 is 2.71 bits per heavy atom. The lowest BCUT2D eigenvalue weighted by molar-refractivity contribution is 0.216. The molecule has 1 fully saturated rings. The maximum atomic E-state index is 4.62. The van der Waals surface area contributed by atoms with Crippen LogP contribution in [0, 0.1) is 5.41 Å². The summed E-state index contributed by atoms with van der Waals surface area (Å²) in [6.45, 7) is 8.21. The first kappa shape index (κ1) is 15.8. The van der Waals surface area contributed by atoms with Crippen LogP contribution in [0.15, 0.2) is 11.3 Å². The smallest absolute Gasteiger partial charge is 0.191 e. The van der Waals surface area contributed by atoms with E-state index < -0.39 is 0 Å². The molecule has 6 heteroatoms. The molecule has 0 amide bonds. The molecule has 1 aromatic heterocycles. The second-order valence-electron chi connectivity index (χ2n) is 6.58. The fourth-order valence-corrected chi connectivity index (χ4v) is 2.67. The third kappa shape index (κ3) is 4.72. The van der Waals surface area contributed by atoms with Crippen LogP contribution >= 0.6 is 0 Å². The minimum atomic E-state index is 0.492. The van der Waals surface area contributed by atoms with Gasteiger partial charge in [-0.2, -0.15) is 5.10 Å². The van der Waals surface area contributed by atoms with Gasteiger partial charge in [-0.15, -0.1) is 0 Å². The fraction of sp³-hybridized carbons (Fsp3) is 0.800. The van der Waals surface area contributed by atoms with E-state index in [0.717, 1.165) is 18.3 Å². The maximum Gasteiger partial charge on any atom is 0.191 e. The number of aryl methyl sites for hydroxylation is 1. The summed E-state index contributed by atoms with van der Waals surface area (Å²) in [6.07, 6.45) is 6.53. The summed E-state index contributed by atoms with van der Waals surface area (Å²) in [6, 6.07) is 0.523. The lowest BCUT2D eigenvalue weighted by Gasteiger charge is -2.35. The predicted octanol–water partition coefficient (Wildman–Crippen LogP) is 1.84. The highest BCUT2D eigenvalue weighted by molar-refractivity contribution is 5.80. The normalized spacial score (nSPS) is 19.5. The molecule has 0 atom stereocenters. The largest absolute Gasteiger partial charge is 0.357 e. The minimum absolute atomic E-state index is 0.492. The summed E-state index contributed by atoms with van der Waals surface area (Å²) in [5, 5.41) is 10.9. The quantitative estimate of drug-likeness (QED) is 0.656. The van der Waals surface area contributed by atoms with Gasteiger partial charge in [0.05, 0.1) is 0 Å². The number of hydrogen-bond acceptors (Lipinski definition) is 3. The van der Waals surface area contributed by atoms with Gasteiger partial charge in [0.25, 0.3) is 0 Å². The third-order valence-electron chi connectivity index (χ3n) is 4.21. The minimum Gasteiger partial charge on any atom is -0.357 e. The predicted molar refractivity (Wildman–Crippen MR) is 85.0 cm³/mol. The van der Waals surface area contributed by atoms with Crippen molar-refractivity contribution in [2.75, 3.05) is 6.54 Å². The van der Waals surface area contributed by atoms with Crippen molar-refractivity contribution in [1.82, 2.24) is 25.4 Å². The van der Waals surface area contributed by atoms with Crippen molar-refractivity contribution in [3.05, 3.63) is 12.2 Å². The lowest BCUT2D eigenvalue weighted by atomic mass is 9.75. The highest BCUT2D eigenvalue weighted by atomic mass is 15.3. The Hall–Kier alpha value is -1.59. The molecule has 118 valence electrons. The molecule has 0 spiro atoms. The van der Waals surface area contributed by atoms with Gasteiger partial charge in [-0.3, -0.25) is 4.68 Å². The molecule has 2 rings (SSSR count). The summed E-state index contributed by atoms with van der Waals surface area (Å²) in [5.74, 6) is 1.75. The molecule has 0 saturated heterocycles. The van der Waals surface area contributed by atoms with E-state index in [-0.39, 0.29) is 0 Å². The van der Waals surface area contributed by atoms with Gasteiger partial charge < -0.3 is 10.6 Å². The van der Waals surface area contributed by atoms with Gasteiger partial charge in [0, 0.05) is 19.6 Å². The second-order valence-corrected chi connectivity index (χ2v) is 6.58. The SMILES string of the molecule is CCNC(=NCc1ncnn1C)NC1CCC(C)(C)CC1. The summed E-state index contributed by atoms with van der Waals surface area (Å²) in [4.78, 5) is 8.82. The van der Waals surface area contributed by atoms with Crippen LogP contribution in [-0.2, 0) is 13.6 Å². The molecule has 0 radical (unpaired) electrons. The summed E-state index contributed by atoms with van der Waals surface area (Å²) in [7, 11) is 1.89. The monoisotopic (exact) mass is 292 g/mol. The Labute approximate surface area is 127 Å². The Morgan fingerprint density at radius 1 is 1.43 bits per heavy atom. The number of aliphatic imine (C=N–C) groups is 1. The van der Waals surface area contributed by atoms with Crippen molar-refractivity contribution in [3.8, 4) is 0 Å². The van der Waals surface area contributed by atoms with Crippen LogP contribution in [-0.4, -0.2) is 33.3 Å². The van der Waals surface area contributed by atoms with E-state index in [4.69, 9.17) is 0 Å². The zero-order chi connectivity index (χ0) is 15.3. The van der Waals surface area contributed by atoms with Crippen LogP contribution < -0.4 is 10.6 Å². The molecule has 1 aliphatic rings. The van der Waals surface area contributed by atoms with E-state index in [1.54, 1.807) is 11.0 Å². The lowest BCUT2D eigenvalue weighted by Crippen LogP contribution is -2.45. The highest BCUT2D eigenvalue weighted by Gasteiger charge is 2.27. The van der Waals surface area contributed by atoms with Crippen LogP contribution in [0.4, 0.5) is 0 Å². The van der Waals surface area contributed by atoms with Gasteiger partial charge in [0.1, 0.15) is 18.7 Å². The van der Waals surface area contributed by atoms with Crippen LogP contribution in [0.1, 0.15) is 52.3 Å². The number of nitrogens with one attached hydrogen (secondary N) is 2. The topological polar surface area (TPSA) is 67.1 Å². The van der Waals surface area contributed by atoms with Crippen molar-refractivity contribution in [2.45, 2.75) is 59.0 Å². The number of nitrogens with zero attached hydrogens (tertiary/aromatic N) is 4. The maximum absolute atomic E-state index is 4.62. The molecule has 0 aromatic carbocycles. The van der Waals surface area contributed by atoms with Gasteiger partial charge >= 0.3 is 0 Å². The van der Waals surface area contributed by atoms with Gasteiger partial charge in [-0.1, -0.05) is 13.8 Å². The molecular formula is C15H28N6. The molecule has 6 nitrogen and oxygen atoms in total. The van der Waals surface area contributed by atoms with Crippen molar-refractivity contribution < 1.29 is 0 Å². The first-order chi connectivity index (χ1) is 10.00. The van der Waals surface area contributed by atoms with Crippen molar-refractivity contribution in [1.29, 1.82) is 0 Å². The van der Waals surface area contributed by atoms with E-state index >= 15 is 0 Å². The Bertz CT molecular complexity index is 466. The Morgan fingerprint density at radius 2 is 2.14 bits per heavy atom. The third-order valence-corrected chi connectivity index (χ3v) is 4.21. The summed E-state index contributed by atoms with van der Waals surface area (Å²) < 4.78 is 1.76. The van der Waals surface area contributed by atoms with Crippen LogP contribution in [0.5, 0.6) is 0 Å². The molecule has 21 heavy (non-hydrogen) atoms. The molecular weight excluding hydrogens is 264 g/mol. The van der Waals surface area contributed by atoms with Crippen molar-refractivity contribution in [3.63, 3.8) is 0 Å². The summed E-state index contributed by atoms with van der Waals surface area (Å²) >= 11 is 0. The molecule has 2 N–H and O–H groups in total. The molecule has 0 unspecified atom stereocenters. The molecule has 0 aliphatic heterocycles. The summed E-state index contributed by atoms with van der Waals surface area (Å²) in [5.41, 5.74) is 0.492. The average molecular weight is 292 g/mol. The van der Waals surface area contributed by atoms with Crippen LogP contribution in [0.25, 0.3) is 0 Å². The van der Waals surface area contributed by atoms with E-state index in [1.807, 2.05) is 7.05 Å². The van der Waals surface area contributed by atoms with Crippen molar-refractivity contribution >= 4 is 5.96 Å². The van der Waals surface area contributed by atoms with E-state index in [9.17, 15) is 0 Å². The Balaban J connectivity index is 1.91. The molecule has 0 bridgehead atoms. The number of aromatic nitrogens is 3. The van der Waals surface area contributed by atoms with E-state index in [0.29, 0.717) is 18.0 Å². The first-order valence-corrected chi connectivity index (χ1v) is 7.88. The zero-order valence-corrected chi connectivity index (χ0v) is 13.7. The van der Waals surface area contributed by atoms with Crippen LogP contribution in [0.3, 0.4) is 0 Å². The Kier molecular flexibility index (Phi) is 5.20.